The Morgan fingerprint density at radius 1 is 0.481 bits per heavy atom. The van der Waals surface area contributed by atoms with Crippen LogP contribution in [-0.4, -0.2) is 31.6 Å². The number of aromatic hydroxyl groups is 3. The van der Waals surface area contributed by atoms with Crippen LogP contribution in [0, 0.1) is 0 Å². The molecule has 1 unspecified atom stereocenters. The average molecular weight is 781 g/mol. The highest BCUT2D eigenvalue weighted by atomic mass is 32.2. The summed E-state index contributed by atoms with van der Waals surface area (Å²) in [4.78, 5) is 11.0. The van der Waals surface area contributed by atoms with E-state index in [-0.39, 0.29) is 32.5 Å². The molecule has 0 aliphatic rings. The van der Waals surface area contributed by atoms with Crippen molar-refractivity contribution < 1.29 is 25.2 Å². The Balaban J connectivity index is 0.000000413. The zero-order valence-electron chi connectivity index (χ0n) is 36.7. The van der Waals surface area contributed by atoms with Crippen LogP contribution in [0.25, 0.3) is 0 Å². The molecule has 1 atom stereocenters. The van der Waals surface area contributed by atoms with Crippen LogP contribution in [0.1, 0.15) is 175 Å². The number of hydrogen-bond donors (Lipinski definition) is 5. The molecule has 5 nitrogen and oxygen atoms in total. The van der Waals surface area contributed by atoms with Gasteiger partial charge in [0.1, 0.15) is 22.5 Å². The molecule has 3 aromatic rings. The largest absolute Gasteiger partial charge is 0.507 e. The zero-order chi connectivity index (χ0) is 42.2. The Morgan fingerprint density at radius 2 is 0.685 bits per heavy atom. The number of thioether (sulfide) groups is 1. The summed E-state index contributed by atoms with van der Waals surface area (Å²) in [5.41, 5.74) is 8.23. The molecule has 0 aliphatic heterocycles. The van der Waals surface area contributed by atoms with Gasteiger partial charge in [-0.15, -0.1) is 0 Å². The number of hydrogen-bond acceptors (Lipinski definition) is 6. The molecule has 0 amide bonds. The van der Waals surface area contributed by atoms with E-state index in [9.17, 15) is 20.1 Å². The molecule has 0 heterocycles. The molecule has 302 valence electrons. The molecule has 3 aromatic carbocycles. The summed E-state index contributed by atoms with van der Waals surface area (Å²) in [6.07, 6.45) is 0.338. The van der Waals surface area contributed by atoms with Gasteiger partial charge in [-0.3, -0.25) is 4.79 Å². The van der Waals surface area contributed by atoms with Crippen molar-refractivity contribution in [1.29, 1.82) is 0 Å². The summed E-state index contributed by atoms with van der Waals surface area (Å²) in [5, 5.41) is 40.9. The second-order valence-electron chi connectivity index (χ2n) is 21.2. The first-order valence-corrected chi connectivity index (χ1v) is 20.8. The van der Waals surface area contributed by atoms with Gasteiger partial charge in [0.05, 0.1) is 0 Å². The number of carbonyl (C=O) groups is 1. The summed E-state index contributed by atoms with van der Waals surface area (Å²) in [7, 11) is 0. The molecule has 7 heteroatoms. The van der Waals surface area contributed by atoms with Gasteiger partial charge in [0.25, 0.3) is 0 Å². The predicted octanol–water partition coefficient (Wildman–Crippen LogP) is 12.6. The molecule has 0 bridgehead atoms. The highest BCUT2D eigenvalue weighted by Crippen LogP contribution is 2.43. The molecule has 3 rings (SSSR count). The topological polar surface area (TPSA) is 98.0 Å². The Hall–Kier alpha value is -2.77. The van der Waals surface area contributed by atoms with Gasteiger partial charge in [-0.1, -0.05) is 161 Å². The van der Waals surface area contributed by atoms with E-state index < -0.39 is 11.2 Å². The third-order valence-corrected chi connectivity index (χ3v) is 11.1. The van der Waals surface area contributed by atoms with Crippen LogP contribution in [0.3, 0.4) is 0 Å². The van der Waals surface area contributed by atoms with Crippen LogP contribution >= 0.6 is 24.4 Å². The van der Waals surface area contributed by atoms with Crippen molar-refractivity contribution >= 4 is 30.4 Å². The Kier molecular flexibility index (Phi) is 14.7. The predicted molar refractivity (Wildman–Crippen MR) is 236 cm³/mol. The van der Waals surface area contributed by atoms with Crippen LogP contribution in [0.5, 0.6) is 17.2 Å². The van der Waals surface area contributed by atoms with Gasteiger partial charge in [0.15, 0.2) is 0 Å². The van der Waals surface area contributed by atoms with Crippen molar-refractivity contribution in [2.24, 2.45) is 0 Å². The first kappa shape index (κ1) is 47.4. The zero-order valence-corrected chi connectivity index (χ0v) is 38.4. The average Bonchev–Trinajstić information content (AvgIpc) is 2.96. The van der Waals surface area contributed by atoms with Gasteiger partial charge >= 0.3 is 5.97 Å². The number of carboxylic acid groups (broad SMARTS) is 1. The van der Waals surface area contributed by atoms with E-state index in [1.54, 1.807) is 0 Å². The van der Waals surface area contributed by atoms with E-state index in [0.717, 1.165) is 50.4 Å². The number of aliphatic carboxylic acids is 1. The fourth-order valence-electron chi connectivity index (χ4n) is 6.39. The Labute approximate surface area is 338 Å². The van der Waals surface area contributed by atoms with Crippen molar-refractivity contribution in [3.05, 3.63) is 86.5 Å². The number of carboxylic acids is 1. The quantitative estimate of drug-likeness (QED) is 0.153. The van der Waals surface area contributed by atoms with Crippen LogP contribution < -0.4 is 0 Å². The maximum atomic E-state index is 11.0. The number of rotatable bonds is 7. The van der Waals surface area contributed by atoms with E-state index in [2.05, 4.69) is 120 Å². The molecular formula is C47H72O5S2. The summed E-state index contributed by atoms with van der Waals surface area (Å²) in [6, 6.07) is 12.5. The minimum absolute atomic E-state index is 0.120. The van der Waals surface area contributed by atoms with Crippen molar-refractivity contribution in [3.8, 4) is 17.2 Å². The Bertz CT molecular complexity index is 1590. The molecule has 0 saturated heterocycles. The van der Waals surface area contributed by atoms with Gasteiger partial charge in [-0.2, -0.15) is 24.4 Å². The number of thiol groups is 1. The van der Waals surface area contributed by atoms with Crippen LogP contribution in [-0.2, 0) is 55.2 Å². The lowest BCUT2D eigenvalue weighted by Gasteiger charge is -2.28. The van der Waals surface area contributed by atoms with Crippen LogP contribution in [0.15, 0.2) is 36.4 Å². The van der Waals surface area contributed by atoms with E-state index >= 15 is 0 Å². The fourth-order valence-corrected chi connectivity index (χ4v) is 7.51. The molecule has 0 aliphatic carbocycles. The van der Waals surface area contributed by atoms with Crippen molar-refractivity contribution in [2.45, 2.75) is 180 Å². The maximum Gasteiger partial charge on any atom is 0.316 e. The summed E-state index contributed by atoms with van der Waals surface area (Å²) in [5.74, 6) is 2.01. The van der Waals surface area contributed by atoms with E-state index in [1.807, 2.05) is 65.4 Å². The first-order chi connectivity index (χ1) is 24.1. The molecule has 4 N–H and O–H groups in total. The lowest BCUT2D eigenvalue weighted by molar-refractivity contribution is -0.136. The van der Waals surface area contributed by atoms with Crippen molar-refractivity contribution in [2.75, 3.05) is 0 Å². The molecular weight excluding hydrogens is 709 g/mol. The molecule has 0 radical (unpaired) electrons. The van der Waals surface area contributed by atoms with Gasteiger partial charge in [0.2, 0.25) is 0 Å². The van der Waals surface area contributed by atoms with Crippen LogP contribution in [0.2, 0.25) is 0 Å². The summed E-state index contributed by atoms with van der Waals surface area (Å²) >= 11 is 6.00. The number of benzene rings is 3. The first-order valence-electron chi connectivity index (χ1n) is 19.2. The van der Waals surface area contributed by atoms with Crippen molar-refractivity contribution in [3.63, 3.8) is 0 Å². The number of phenols is 3. The second-order valence-corrected chi connectivity index (χ2v) is 22.8. The maximum absolute atomic E-state index is 11.0. The molecule has 0 saturated carbocycles. The highest BCUT2D eigenvalue weighted by Gasteiger charge is 2.30. The van der Waals surface area contributed by atoms with Gasteiger partial charge in [-0.05, 0) is 89.0 Å². The van der Waals surface area contributed by atoms with Crippen molar-refractivity contribution in [1.82, 2.24) is 0 Å². The molecule has 0 fully saturated rings. The minimum Gasteiger partial charge on any atom is -0.507 e. The molecule has 0 spiro atoms. The third-order valence-electron chi connectivity index (χ3n) is 9.61. The smallest absolute Gasteiger partial charge is 0.316 e. The van der Waals surface area contributed by atoms with Gasteiger partial charge in [-0.25, -0.2) is 0 Å². The van der Waals surface area contributed by atoms with Gasteiger partial charge < -0.3 is 20.4 Å². The van der Waals surface area contributed by atoms with E-state index in [1.165, 1.54) is 11.1 Å². The lowest BCUT2D eigenvalue weighted by atomic mass is 9.78. The van der Waals surface area contributed by atoms with Crippen LogP contribution in [0.4, 0.5) is 0 Å². The minimum atomic E-state index is -0.930. The molecule has 0 aromatic heterocycles. The van der Waals surface area contributed by atoms with E-state index in [0.29, 0.717) is 23.7 Å². The van der Waals surface area contributed by atoms with E-state index in [4.69, 9.17) is 5.11 Å². The second kappa shape index (κ2) is 16.8. The summed E-state index contributed by atoms with van der Waals surface area (Å²) in [6.45, 7) is 38.1. The van der Waals surface area contributed by atoms with Gasteiger partial charge in [0, 0.05) is 11.5 Å². The normalized spacial score (nSPS) is 13.7. The monoisotopic (exact) mass is 780 g/mol. The molecule has 54 heavy (non-hydrogen) atoms. The number of phenolic OH excluding ortho intramolecular Hbond substituents is 3. The highest BCUT2D eigenvalue weighted by molar-refractivity contribution is 7.97. The standard InChI is InChI=1S/C30H46O2S.C17H26O3S/c1-27(2,3)21-13-19(14-22(25(21)31)28(4,5)6)17-33-18-20-15-23(29(7,8)9)26(32)24(16-20)30(10,11)12;1-16(2,3)11-7-10(9-13(21)15(19)20)8-12(14(11)18)17(4,5)6/h13-16,31-32H,17-18H2,1-12H3;7-8,13,18,21H,9H2,1-6H3,(H,19,20). The lowest BCUT2D eigenvalue weighted by Crippen LogP contribution is -2.20. The SMILES string of the molecule is CC(C)(C)c1cc(CC(S)C(=O)O)cc(C(C)(C)C)c1O.CC(C)(C)c1cc(CSCc2cc(C(C)(C)C)c(O)c(C(C)(C)C)c2)cc(C(C)(C)C)c1O. The summed E-state index contributed by atoms with van der Waals surface area (Å²) < 4.78 is 0. The third kappa shape index (κ3) is 12.6. The fraction of sp³-hybridized carbons (Fsp3) is 0.596. The Morgan fingerprint density at radius 3 is 0.870 bits per heavy atom.